The molecule has 0 aliphatic heterocycles. The molecule has 0 aromatic heterocycles. The van der Waals surface area contributed by atoms with Crippen LogP contribution in [-0.2, 0) is 0 Å². The van der Waals surface area contributed by atoms with Gasteiger partial charge >= 0.3 is 0 Å². The molecular formula is C14H23BrN2O. The highest BCUT2D eigenvalue weighted by Crippen LogP contribution is 2.20. The third-order valence-electron chi connectivity index (χ3n) is 2.95. The van der Waals surface area contributed by atoms with Gasteiger partial charge in [0.05, 0.1) is 6.10 Å². The predicted octanol–water partition coefficient (Wildman–Crippen LogP) is 2.37. The maximum absolute atomic E-state index is 10.1. The Balaban J connectivity index is 2.34. The van der Waals surface area contributed by atoms with Gasteiger partial charge in [-0.3, -0.25) is 0 Å². The predicted molar refractivity (Wildman–Crippen MR) is 79.8 cm³/mol. The van der Waals surface area contributed by atoms with Crippen molar-refractivity contribution in [3.63, 3.8) is 0 Å². The quantitative estimate of drug-likeness (QED) is 0.837. The highest BCUT2D eigenvalue weighted by Gasteiger charge is 2.09. The Labute approximate surface area is 119 Å². The summed E-state index contributed by atoms with van der Waals surface area (Å²) >= 11 is 3.42. The third-order valence-corrected chi connectivity index (χ3v) is 3.44. The van der Waals surface area contributed by atoms with Crippen molar-refractivity contribution in [1.29, 1.82) is 0 Å². The average molecular weight is 315 g/mol. The number of aliphatic hydroxyl groups excluding tert-OH is 1. The van der Waals surface area contributed by atoms with Gasteiger partial charge in [0.1, 0.15) is 0 Å². The smallest absolute Gasteiger partial charge is 0.0802 e. The summed E-state index contributed by atoms with van der Waals surface area (Å²) in [5.74, 6) is 0. The Hall–Kier alpha value is -0.420. The van der Waals surface area contributed by atoms with Crippen molar-refractivity contribution < 1.29 is 5.11 Å². The van der Waals surface area contributed by atoms with Crippen LogP contribution in [0, 0.1) is 0 Å². The number of likely N-dealkylation sites (N-methyl/N-ethyl adjacent to an activating group) is 2. The van der Waals surface area contributed by atoms with Crippen molar-refractivity contribution in [1.82, 2.24) is 9.80 Å². The summed E-state index contributed by atoms with van der Waals surface area (Å²) in [5, 5.41) is 10.1. The summed E-state index contributed by atoms with van der Waals surface area (Å²) in [6, 6.07) is 7.87. The van der Waals surface area contributed by atoms with Crippen LogP contribution in [0.25, 0.3) is 0 Å². The number of hydrogen-bond donors (Lipinski definition) is 1. The van der Waals surface area contributed by atoms with Crippen molar-refractivity contribution in [3.8, 4) is 0 Å². The fourth-order valence-corrected chi connectivity index (χ4v) is 2.12. The Kier molecular flexibility index (Phi) is 6.86. The molecule has 1 unspecified atom stereocenters. The zero-order chi connectivity index (χ0) is 13.5. The first kappa shape index (κ1) is 15.6. The van der Waals surface area contributed by atoms with Gasteiger partial charge in [-0.25, -0.2) is 0 Å². The van der Waals surface area contributed by atoms with Gasteiger partial charge in [-0.15, -0.1) is 0 Å². The summed E-state index contributed by atoms with van der Waals surface area (Å²) in [4.78, 5) is 4.42. The molecule has 1 aromatic rings. The normalized spacial score (nSPS) is 13.3. The van der Waals surface area contributed by atoms with Crippen LogP contribution in [0.4, 0.5) is 0 Å². The molecule has 0 aliphatic carbocycles. The molecule has 102 valence electrons. The van der Waals surface area contributed by atoms with E-state index in [1.165, 1.54) is 0 Å². The molecule has 0 amide bonds. The fourth-order valence-electron chi connectivity index (χ4n) is 1.71. The lowest BCUT2D eigenvalue weighted by Crippen LogP contribution is -2.30. The molecule has 0 saturated carbocycles. The molecule has 0 bridgehead atoms. The molecule has 0 heterocycles. The van der Waals surface area contributed by atoms with Crippen molar-refractivity contribution in [2.24, 2.45) is 0 Å². The van der Waals surface area contributed by atoms with Crippen molar-refractivity contribution in [2.45, 2.75) is 12.5 Å². The second kappa shape index (κ2) is 7.89. The fraction of sp³-hybridized carbons (Fsp3) is 0.571. The monoisotopic (exact) mass is 314 g/mol. The Morgan fingerprint density at radius 1 is 1.17 bits per heavy atom. The maximum atomic E-state index is 10.1. The lowest BCUT2D eigenvalue weighted by Gasteiger charge is -2.21. The second-order valence-electron chi connectivity index (χ2n) is 4.97. The van der Waals surface area contributed by atoms with Gasteiger partial charge in [0.2, 0.25) is 0 Å². The number of aliphatic hydroxyl groups is 1. The van der Waals surface area contributed by atoms with Crippen LogP contribution in [-0.4, -0.2) is 55.7 Å². The summed E-state index contributed by atoms with van der Waals surface area (Å²) < 4.78 is 1.01. The van der Waals surface area contributed by atoms with Crippen LogP contribution >= 0.6 is 15.9 Å². The van der Waals surface area contributed by atoms with E-state index in [0.717, 1.165) is 36.1 Å². The molecule has 3 nitrogen and oxygen atoms in total. The summed E-state index contributed by atoms with van der Waals surface area (Å²) in [6.07, 6.45) is 0.379. The molecule has 1 atom stereocenters. The minimum Gasteiger partial charge on any atom is -0.388 e. The summed E-state index contributed by atoms with van der Waals surface area (Å²) in [7, 11) is 6.24. The highest BCUT2D eigenvalue weighted by atomic mass is 79.9. The first-order valence-corrected chi connectivity index (χ1v) is 7.05. The Morgan fingerprint density at radius 3 is 2.50 bits per heavy atom. The van der Waals surface area contributed by atoms with Crippen LogP contribution in [0.2, 0.25) is 0 Å². The zero-order valence-electron chi connectivity index (χ0n) is 11.4. The summed E-state index contributed by atoms with van der Waals surface area (Å²) in [5.41, 5.74) is 0.977. The number of benzene rings is 1. The molecule has 0 spiro atoms. The van der Waals surface area contributed by atoms with E-state index < -0.39 is 0 Å². The maximum Gasteiger partial charge on any atom is 0.0802 e. The molecule has 1 rings (SSSR count). The minimum absolute atomic E-state index is 0.385. The molecule has 1 N–H and O–H groups in total. The van der Waals surface area contributed by atoms with E-state index >= 15 is 0 Å². The van der Waals surface area contributed by atoms with E-state index in [4.69, 9.17) is 0 Å². The van der Waals surface area contributed by atoms with Gasteiger partial charge in [-0.05, 0) is 45.3 Å². The topological polar surface area (TPSA) is 26.7 Å². The second-order valence-corrected chi connectivity index (χ2v) is 5.88. The first-order chi connectivity index (χ1) is 8.49. The molecular weight excluding hydrogens is 292 g/mol. The molecule has 18 heavy (non-hydrogen) atoms. The Bertz CT molecular complexity index is 357. The Morgan fingerprint density at radius 2 is 1.89 bits per heavy atom. The standard InChI is InChI=1S/C14H23BrN2O/c1-16(2)9-10-17(3)8-7-14(18)12-5-4-6-13(15)11-12/h4-6,11,14,18H,7-10H2,1-3H3. The molecule has 0 fully saturated rings. The number of nitrogens with zero attached hydrogens (tertiary/aromatic N) is 2. The van der Waals surface area contributed by atoms with Crippen LogP contribution < -0.4 is 0 Å². The van der Waals surface area contributed by atoms with Crippen molar-refractivity contribution in [3.05, 3.63) is 34.3 Å². The van der Waals surface area contributed by atoms with Crippen molar-refractivity contribution in [2.75, 3.05) is 40.8 Å². The van der Waals surface area contributed by atoms with E-state index in [2.05, 4.69) is 46.9 Å². The van der Waals surface area contributed by atoms with Gasteiger partial charge in [0.15, 0.2) is 0 Å². The van der Waals surface area contributed by atoms with Gasteiger partial charge in [0.25, 0.3) is 0 Å². The lowest BCUT2D eigenvalue weighted by atomic mass is 10.1. The number of hydrogen-bond acceptors (Lipinski definition) is 3. The van der Waals surface area contributed by atoms with Gasteiger partial charge in [-0.2, -0.15) is 0 Å². The van der Waals surface area contributed by atoms with Gasteiger partial charge < -0.3 is 14.9 Å². The van der Waals surface area contributed by atoms with Gasteiger partial charge in [-0.1, -0.05) is 28.1 Å². The molecule has 0 aliphatic rings. The average Bonchev–Trinajstić information content (AvgIpc) is 2.33. The van der Waals surface area contributed by atoms with Crippen LogP contribution in [0.1, 0.15) is 18.1 Å². The number of rotatable bonds is 7. The molecule has 1 aromatic carbocycles. The lowest BCUT2D eigenvalue weighted by molar-refractivity contribution is 0.147. The molecule has 4 heteroatoms. The van der Waals surface area contributed by atoms with Gasteiger partial charge in [0, 0.05) is 24.1 Å². The minimum atomic E-state index is -0.385. The van der Waals surface area contributed by atoms with E-state index in [9.17, 15) is 5.11 Å². The van der Waals surface area contributed by atoms with Crippen LogP contribution in [0.15, 0.2) is 28.7 Å². The van der Waals surface area contributed by atoms with E-state index in [1.54, 1.807) is 0 Å². The zero-order valence-corrected chi connectivity index (χ0v) is 13.0. The highest BCUT2D eigenvalue weighted by molar-refractivity contribution is 9.10. The van der Waals surface area contributed by atoms with E-state index in [-0.39, 0.29) is 6.10 Å². The molecule has 0 radical (unpaired) electrons. The van der Waals surface area contributed by atoms with Crippen molar-refractivity contribution >= 4 is 15.9 Å². The van der Waals surface area contributed by atoms with Crippen LogP contribution in [0.5, 0.6) is 0 Å². The first-order valence-electron chi connectivity index (χ1n) is 6.26. The number of halogens is 1. The van der Waals surface area contributed by atoms with Crippen LogP contribution in [0.3, 0.4) is 0 Å². The molecule has 0 saturated heterocycles. The van der Waals surface area contributed by atoms with E-state index in [1.807, 2.05) is 24.3 Å². The SMILES string of the molecule is CN(C)CCN(C)CCC(O)c1cccc(Br)c1. The largest absolute Gasteiger partial charge is 0.388 e. The third kappa shape index (κ3) is 5.96. The summed E-state index contributed by atoms with van der Waals surface area (Å²) in [6.45, 7) is 2.98. The van der Waals surface area contributed by atoms with E-state index in [0.29, 0.717) is 0 Å².